The van der Waals surface area contributed by atoms with Crippen molar-refractivity contribution in [2.75, 3.05) is 26.8 Å². The molecule has 190 valence electrons. The Labute approximate surface area is 202 Å². The number of hydrogen-bond acceptors (Lipinski definition) is 6. The molecule has 0 spiro atoms. The van der Waals surface area contributed by atoms with E-state index in [4.69, 9.17) is 9.47 Å². The van der Waals surface area contributed by atoms with Gasteiger partial charge in [0.1, 0.15) is 11.8 Å². The molecule has 1 heterocycles. The molecule has 2 N–H and O–H groups in total. The molecule has 0 unspecified atom stereocenters. The third kappa shape index (κ3) is 7.16. The molecule has 2 amide bonds. The highest BCUT2D eigenvalue weighted by Gasteiger charge is 2.33. The van der Waals surface area contributed by atoms with Gasteiger partial charge in [-0.15, -0.1) is 0 Å². The number of sulfonamides is 1. The largest absolute Gasteiger partial charge is 0.497 e. The van der Waals surface area contributed by atoms with Crippen LogP contribution >= 0.6 is 0 Å². The molecular formula is C24H37N3O6S. The molecule has 3 rings (SSSR count). The second-order valence-corrected chi connectivity index (χ2v) is 10.7. The number of methoxy groups -OCH3 is 1. The van der Waals surface area contributed by atoms with E-state index in [0.29, 0.717) is 18.8 Å². The maximum absolute atomic E-state index is 13.2. The summed E-state index contributed by atoms with van der Waals surface area (Å²) in [7, 11) is -2.40. The van der Waals surface area contributed by atoms with Crippen LogP contribution in [0.5, 0.6) is 5.75 Å². The van der Waals surface area contributed by atoms with Gasteiger partial charge in [-0.1, -0.05) is 26.2 Å². The van der Waals surface area contributed by atoms with Gasteiger partial charge in [-0.2, -0.15) is 0 Å². The molecule has 1 aliphatic heterocycles. The van der Waals surface area contributed by atoms with Crippen LogP contribution in [-0.2, 0) is 24.3 Å². The van der Waals surface area contributed by atoms with Crippen molar-refractivity contribution in [2.45, 2.75) is 81.4 Å². The van der Waals surface area contributed by atoms with Crippen molar-refractivity contribution in [3.8, 4) is 5.75 Å². The number of carbonyl (C=O) groups excluding carboxylic acids is 2. The number of ether oxygens (including phenoxy) is 2. The fourth-order valence-electron chi connectivity index (χ4n) is 4.60. The highest BCUT2D eigenvalue weighted by atomic mass is 32.2. The second kappa shape index (κ2) is 12.5. The Morgan fingerprint density at radius 3 is 2.41 bits per heavy atom. The molecule has 10 heteroatoms. The van der Waals surface area contributed by atoms with Crippen molar-refractivity contribution < 1.29 is 27.5 Å². The van der Waals surface area contributed by atoms with Crippen LogP contribution in [0, 0.1) is 0 Å². The fraction of sp³-hybridized carbons (Fsp3) is 0.667. The zero-order valence-corrected chi connectivity index (χ0v) is 20.9. The Morgan fingerprint density at radius 2 is 1.82 bits per heavy atom. The van der Waals surface area contributed by atoms with Crippen molar-refractivity contribution in [3.05, 3.63) is 24.3 Å². The third-order valence-corrected chi connectivity index (χ3v) is 7.96. The summed E-state index contributed by atoms with van der Waals surface area (Å²) in [6.07, 6.45) is 7.25. The van der Waals surface area contributed by atoms with Gasteiger partial charge in [0.05, 0.1) is 24.7 Å². The van der Waals surface area contributed by atoms with Crippen LogP contribution in [0.25, 0.3) is 0 Å². The van der Waals surface area contributed by atoms with Gasteiger partial charge < -0.3 is 19.7 Å². The Bertz CT molecular complexity index is 909. The lowest BCUT2D eigenvalue weighted by molar-refractivity contribution is -0.141. The number of benzene rings is 1. The molecule has 0 aromatic heterocycles. The molecule has 2 atom stereocenters. The second-order valence-electron chi connectivity index (χ2n) is 8.95. The fourth-order valence-corrected chi connectivity index (χ4v) is 5.57. The number of rotatable bonds is 11. The number of nitrogens with zero attached hydrogens (tertiary/aromatic N) is 1. The molecule has 0 radical (unpaired) electrons. The summed E-state index contributed by atoms with van der Waals surface area (Å²) in [6.45, 7) is 2.32. The first-order chi connectivity index (χ1) is 16.3. The van der Waals surface area contributed by atoms with E-state index >= 15 is 0 Å². The van der Waals surface area contributed by atoms with Crippen LogP contribution < -0.4 is 14.8 Å². The monoisotopic (exact) mass is 495 g/mol. The lowest BCUT2D eigenvalue weighted by Gasteiger charge is -2.34. The smallest absolute Gasteiger partial charge is 0.243 e. The van der Waals surface area contributed by atoms with E-state index in [1.807, 2.05) is 6.92 Å². The van der Waals surface area contributed by atoms with Crippen LogP contribution in [-0.4, -0.2) is 70.1 Å². The van der Waals surface area contributed by atoms with E-state index in [-0.39, 0.29) is 29.5 Å². The van der Waals surface area contributed by atoms with Crippen molar-refractivity contribution in [2.24, 2.45) is 0 Å². The van der Waals surface area contributed by atoms with Gasteiger partial charge in [0.15, 0.2) is 0 Å². The van der Waals surface area contributed by atoms with E-state index in [9.17, 15) is 18.0 Å². The van der Waals surface area contributed by atoms with Crippen LogP contribution in [0.15, 0.2) is 29.2 Å². The van der Waals surface area contributed by atoms with E-state index in [1.54, 1.807) is 12.1 Å². The minimum atomic E-state index is -3.90. The third-order valence-electron chi connectivity index (χ3n) is 6.54. The zero-order valence-electron chi connectivity index (χ0n) is 20.1. The van der Waals surface area contributed by atoms with E-state index in [2.05, 4.69) is 10.0 Å². The Kier molecular flexibility index (Phi) is 9.73. The average molecular weight is 496 g/mol. The lowest BCUT2D eigenvalue weighted by Crippen LogP contribution is -2.55. The highest BCUT2D eigenvalue weighted by Crippen LogP contribution is 2.20. The van der Waals surface area contributed by atoms with Gasteiger partial charge in [0, 0.05) is 19.2 Å². The van der Waals surface area contributed by atoms with Gasteiger partial charge in [-0.25, -0.2) is 13.1 Å². The van der Waals surface area contributed by atoms with Crippen LogP contribution in [0.3, 0.4) is 0 Å². The van der Waals surface area contributed by atoms with Crippen LogP contribution in [0.2, 0.25) is 0 Å². The summed E-state index contributed by atoms with van der Waals surface area (Å²) in [5.41, 5.74) is 0. The predicted molar refractivity (Wildman–Crippen MR) is 128 cm³/mol. The van der Waals surface area contributed by atoms with Crippen molar-refractivity contribution in [3.63, 3.8) is 0 Å². The first-order valence-corrected chi connectivity index (χ1v) is 13.7. The quantitative estimate of drug-likeness (QED) is 0.487. The Morgan fingerprint density at radius 1 is 1.12 bits per heavy atom. The Balaban J connectivity index is 1.69. The van der Waals surface area contributed by atoms with Crippen molar-refractivity contribution >= 4 is 21.8 Å². The first-order valence-electron chi connectivity index (χ1n) is 12.2. The van der Waals surface area contributed by atoms with Crippen molar-refractivity contribution in [1.82, 2.24) is 14.9 Å². The molecule has 1 saturated heterocycles. The van der Waals surface area contributed by atoms with Gasteiger partial charge in [0.25, 0.3) is 0 Å². The summed E-state index contributed by atoms with van der Waals surface area (Å²) in [6, 6.07) is 5.38. The topological polar surface area (TPSA) is 114 Å². The molecular weight excluding hydrogens is 458 g/mol. The van der Waals surface area contributed by atoms with E-state index in [0.717, 1.165) is 38.5 Å². The maximum atomic E-state index is 13.2. The molecule has 34 heavy (non-hydrogen) atoms. The van der Waals surface area contributed by atoms with Gasteiger partial charge >= 0.3 is 0 Å². The molecule has 1 aromatic rings. The van der Waals surface area contributed by atoms with Gasteiger partial charge in [-0.3, -0.25) is 9.59 Å². The number of carbonyl (C=O) groups is 2. The predicted octanol–water partition coefficient (Wildman–Crippen LogP) is 2.21. The molecule has 1 aromatic carbocycles. The normalized spacial score (nSPS) is 20.0. The number of hydrogen-bond donors (Lipinski definition) is 2. The minimum Gasteiger partial charge on any atom is -0.497 e. The highest BCUT2D eigenvalue weighted by molar-refractivity contribution is 7.89. The SMILES string of the molecule is CC[C@@H](C(=O)NC1CCCCC1)N(C[C@@H]1CCCO1)C(=O)CNS(=O)(=O)c1ccc(OC)cc1. The summed E-state index contributed by atoms with van der Waals surface area (Å²) in [5, 5.41) is 3.11. The number of nitrogens with one attached hydrogen (secondary N) is 2. The van der Waals surface area contributed by atoms with Crippen LogP contribution in [0.1, 0.15) is 58.3 Å². The molecule has 1 aliphatic carbocycles. The average Bonchev–Trinajstić information content (AvgIpc) is 3.36. The summed E-state index contributed by atoms with van der Waals surface area (Å²) in [5.74, 6) is -0.0930. The maximum Gasteiger partial charge on any atom is 0.243 e. The molecule has 0 bridgehead atoms. The standard InChI is InChI=1S/C24H37N3O6S/c1-3-22(24(29)26-18-8-5-4-6-9-18)27(17-20-10-7-15-33-20)23(28)16-25-34(30,31)21-13-11-19(32-2)12-14-21/h11-14,18,20,22,25H,3-10,15-17H2,1-2H3,(H,26,29)/t20-,22-/m0/s1. The molecule has 9 nitrogen and oxygen atoms in total. The zero-order chi connectivity index (χ0) is 24.6. The van der Waals surface area contributed by atoms with Crippen molar-refractivity contribution in [1.29, 1.82) is 0 Å². The minimum absolute atomic E-state index is 0.0360. The summed E-state index contributed by atoms with van der Waals surface area (Å²) in [4.78, 5) is 27.9. The summed E-state index contributed by atoms with van der Waals surface area (Å²) >= 11 is 0. The van der Waals surface area contributed by atoms with Gasteiger partial charge in [-0.05, 0) is 56.4 Å². The molecule has 1 saturated carbocycles. The van der Waals surface area contributed by atoms with E-state index in [1.165, 1.54) is 30.6 Å². The summed E-state index contributed by atoms with van der Waals surface area (Å²) < 4.78 is 38.6. The van der Waals surface area contributed by atoms with Gasteiger partial charge in [0.2, 0.25) is 21.8 Å². The van der Waals surface area contributed by atoms with Crippen LogP contribution in [0.4, 0.5) is 0 Å². The lowest BCUT2D eigenvalue weighted by atomic mass is 9.95. The first kappa shape index (κ1) is 26.4. The molecule has 2 fully saturated rings. The number of amides is 2. The molecule has 2 aliphatic rings. The Hall–Kier alpha value is -2.17. The van der Waals surface area contributed by atoms with E-state index < -0.39 is 28.5 Å².